The minimum Gasteiger partial charge on any atom is -0.444 e. The number of carbonyl (C=O) groups excluding carboxylic acids is 1. The van der Waals surface area contributed by atoms with Crippen molar-refractivity contribution >= 4 is 35.8 Å². The molecule has 0 bridgehead atoms. The number of benzene rings is 2. The Balaban J connectivity index is 0.00000408. The van der Waals surface area contributed by atoms with Gasteiger partial charge in [-0.05, 0) is 57.0 Å². The number of hydrogen-bond donors (Lipinski definition) is 3. The predicted molar refractivity (Wildman–Crippen MR) is 147 cm³/mol. The minimum absolute atomic E-state index is 0. The Kier molecular flexibility index (Phi) is 11.1. The first-order chi connectivity index (χ1) is 16.0. The second kappa shape index (κ2) is 13.7. The van der Waals surface area contributed by atoms with Gasteiger partial charge in [0.15, 0.2) is 5.96 Å². The summed E-state index contributed by atoms with van der Waals surface area (Å²) in [4.78, 5) is 21.6. The fraction of sp³-hybridized carbons (Fsp3) is 0.346. The molecule has 0 fully saturated rings. The van der Waals surface area contributed by atoms with E-state index in [1.54, 1.807) is 6.26 Å². The number of oxazole rings is 1. The number of nitrogens with zero attached hydrogens (tertiary/aromatic N) is 2. The molecule has 1 amide bonds. The average Bonchev–Trinajstić information content (AvgIpc) is 3.30. The molecule has 1 aromatic heterocycles. The van der Waals surface area contributed by atoms with E-state index in [0.29, 0.717) is 30.5 Å². The Bertz CT molecular complexity index is 1080. The standard InChI is InChI=1S/C26H33N5O2.HI/c1-5-19(4)30-24(32)22-9-7-8-20(14-22)15-28-26(27-6-2)29-16-23-17-33-25(31-23)21-12-10-18(3)11-13-21;/h7-14,17,19H,5-6,15-16H2,1-4H3,(H,30,32)(H2,27,28,29);1H. The van der Waals surface area contributed by atoms with Crippen LogP contribution in [-0.2, 0) is 13.1 Å². The van der Waals surface area contributed by atoms with Gasteiger partial charge in [0.1, 0.15) is 6.26 Å². The lowest BCUT2D eigenvalue weighted by molar-refractivity contribution is 0.0939. The van der Waals surface area contributed by atoms with Gasteiger partial charge in [-0.3, -0.25) is 4.79 Å². The van der Waals surface area contributed by atoms with Crippen LogP contribution in [0.25, 0.3) is 11.5 Å². The van der Waals surface area contributed by atoms with E-state index in [0.717, 1.165) is 29.8 Å². The molecule has 8 heteroatoms. The molecule has 182 valence electrons. The maximum atomic E-state index is 12.4. The van der Waals surface area contributed by atoms with E-state index >= 15 is 0 Å². The van der Waals surface area contributed by atoms with Gasteiger partial charge >= 0.3 is 0 Å². The van der Waals surface area contributed by atoms with Gasteiger partial charge in [-0.25, -0.2) is 9.98 Å². The van der Waals surface area contributed by atoms with Gasteiger partial charge in [-0.15, -0.1) is 24.0 Å². The molecule has 1 heterocycles. The van der Waals surface area contributed by atoms with E-state index in [1.807, 2.05) is 76.2 Å². The van der Waals surface area contributed by atoms with Gasteiger partial charge < -0.3 is 20.4 Å². The summed E-state index contributed by atoms with van der Waals surface area (Å²) in [6, 6.07) is 15.8. The van der Waals surface area contributed by atoms with Gasteiger partial charge in [0.05, 0.1) is 18.8 Å². The van der Waals surface area contributed by atoms with E-state index in [2.05, 4.69) is 25.9 Å². The third-order valence-corrected chi connectivity index (χ3v) is 5.23. The largest absolute Gasteiger partial charge is 0.444 e. The smallest absolute Gasteiger partial charge is 0.251 e. The summed E-state index contributed by atoms with van der Waals surface area (Å²) in [6.07, 6.45) is 2.55. The molecule has 0 aliphatic carbocycles. The van der Waals surface area contributed by atoms with Crippen LogP contribution in [0.5, 0.6) is 0 Å². The molecule has 2 aromatic carbocycles. The van der Waals surface area contributed by atoms with E-state index in [9.17, 15) is 4.79 Å². The van der Waals surface area contributed by atoms with Gasteiger partial charge in [-0.1, -0.05) is 36.8 Å². The maximum absolute atomic E-state index is 12.4. The summed E-state index contributed by atoms with van der Waals surface area (Å²) < 4.78 is 5.63. The van der Waals surface area contributed by atoms with Gasteiger partial charge in [0.25, 0.3) is 5.91 Å². The first-order valence-corrected chi connectivity index (χ1v) is 11.4. The highest BCUT2D eigenvalue weighted by molar-refractivity contribution is 14.0. The van der Waals surface area contributed by atoms with Crippen molar-refractivity contribution in [3.05, 3.63) is 77.2 Å². The third-order valence-electron chi connectivity index (χ3n) is 5.23. The number of aryl methyl sites for hydroxylation is 1. The van der Waals surface area contributed by atoms with Crippen molar-refractivity contribution in [2.45, 2.75) is 53.2 Å². The lowest BCUT2D eigenvalue weighted by Gasteiger charge is -2.12. The van der Waals surface area contributed by atoms with Crippen molar-refractivity contribution in [3.8, 4) is 11.5 Å². The van der Waals surface area contributed by atoms with Crippen molar-refractivity contribution in [1.29, 1.82) is 0 Å². The number of nitrogens with one attached hydrogen (secondary N) is 3. The summed E-state index contributed by atoms with van der Waals surface area (Å²) >= 11 is 0. The van der Waals surface area contributed by atoms with Gasteiger partial charge in [0, 0.05) is 23.7 Å². The monoisotopic (exact) mass is 575 g/mol. The molecule has 1 unspecified atom stereocenters. The zero-order chi connectivity index (χ0) is 23.6. The van der Waals surface area contributed by atoms with Gasteiger partial charge in [-0.2, -0.15) is 0 Å². The Hall–Kier alpha value is -2.88. The summed E-state index contributed by atoms with van der Waals surface area (Å²) in [5.74, 6) is 1.21. The number of guanidine groups is 1. The van der Waals surface area contributed by atoms with Crippen LogP contribution in [0.15, 0.2) is 64.2 Å². The van der Waals surface area contributed by atoms with Crippen LogP contribution in [0.2, 0.25) is 0 Å². The summed E-state index contributed by atoms with van der Waals surface area (Å²) in [7, 11) is 0. The van der Waals surface area contributed by atoms with Crippen LogP contribution in [0.4, 0.5) is 0 Å². The Morgan fingerprint density at radius 1 is 1.12 bits per heavy atom. The fourth-order valence-electron chi connectivity index (χ4n) is 3.12. The van der Waals surface area contributed by atoms with Crippen molar-refractivity contribution < 1.29 is 9.21 Å². The Morgan fingerprint density at radius 3 is 2.59 bits per heavy atom. The number of amides is 1. The molecule has 3 aromatic rings. The normalized spacial score (nSPS) is 11.9. The van der Waals surface area contributed by atoms with Crippen molar-refractivity contribution in [1.82, 2.24) is 20.9 Å². The van der Waals surface area contributed by atoms with E-state index < -0.39 is 0 Å². The molecule has 0 radical (unpaired) electrons. The quantitative estimate of drug-likeness (QED) is 0.189. The zero-order valence-electron chi connectivity index (χ0n) is 20.2. The molecular formula is C26H34IN5O2. The van der Waals surface area contributed by atoms with Crippen molar-refractivity contribution in [2.24, 2.45) is 4.99 Å². The fourth-order valence-corrected chi connectivity index (χ4v) is 3.12. The molecule has 0 saturated heterocycles. The molecule has 0 aliphatic rings. The van der Waals surface area contributed by atoms with Crippen molar-refractivity contribution in [2.75, 3.05) is 6.54 Å². The first kappa shape index (κ1) is 27.4. The van der Waals surface area contributed by atoms with E-state index in [-0.39, 0.29) is 35.9 Å². The average molecular weight is 575 g/mol. The van der Waals surface area contributed by atoms with E-state index in [1.165, 1.54) is 5.56 Å². The topological polar surface area (TPSA) is 91.5 Å². The molecular weight excluding hydrogens is 541 g/mol. The molecule has 34 heavy (non-hydrogen) atoms. The van der Waals surface area contributed by atoms with Crippen LogP contribution in [-0.4, -0.2) is 29.4 Å². The second-order valence-electron chi connectivity index (χ2n) is 8.04. The molecule has 1 atom stereocenters. The first-order valence-electron chi connectivity index (χ1n) is 11.4. The lowest BCUT2D eigenvalue weighted by atomic mass is 10.1. The number of rotatable bonds is 9. The summed E-state index contributed by atoms with van der Waals surface area (Å²) in [5.41, 5.74) is 4.55. The Labute approximate surface area is 218 Å². The van der Waals surface area contributed by atoms with E-state index in [4.69, 9.17) is 4.42 Å². The molecule has 0 spiro atoms. The van der Waals surface area contributed by atoms with Crippen LogP contribution < -0.4 is 16.0 Å². The highest BCUT2D eigenvalue weighted by Crippen LogP contribution is 2.19. The highest BCUT2D eigenvalue weighted by Gasteiger charge is 2.10. The number of hydrogen-bond acceptors (Lipinski definition) is 4. The molecule has 3 N–H and O–H groups in total. The van der Waals surface area contributed by atoms with Gasteiger partial charge in [0.2, 0.25) is 5.89 Å². The number of carbonyl (C=O) groups is 1. The second-order valence-corrected chi connectivity index (χ2v) is 8.04. The minimum atomic E-state index is -0.0596. The lowest BCUT2D eigenvalue weighted by Crippen LogP contribution is -2.36. The highest BCUT2D eigenvalue weighted by atomic mass is 127. The maximum Gasteiger partial charge on any atom is 0.251 e. The summed E-state index contributed by atoms with van der Waals surface area (Å²) in [6.45, 7) is 9.78. The number of aromatic nitrogens is 1. The zero-order valence-corrected chi connectivity index (χ0v) is 22.6. The number of aliphatic imine (C=N–C) groups is 1. The van der Waals surface area contributed by atoms with Crippen molar-refractivity contribution in [3.63, 3.8) is 0 Å². The van der Waals surface area contributed by atoms with Crippen LogP contribution in [0, 0.1) is 6.92 Å². The van der Waals surface area contributed by atoms with Crippen LogP contribution in [0.3, 0.4) is 0 Å². The SMILES string of the molecule is CCNC(=NCc1cccc(C(=O)NC(C)CC)c1)NCc1coc(-c2ccc(C)cc2)n1.I. The third kappa shape index (κ3) is 8.16. The number of halogens is 1. The molecule has 7 nitrogen and oxygen atoms in total. The predicted octanol–water partition coefficient (Wildman–Crippen LogP) is 5.05. The molecule has 3 rings (SSSR count). The Morgan fingerprint density at radius 2 is 1.88 bits per heavy atom. The van der Waals surface area contributed by atoms with Crippen LogP contribution in [0.1, 0.15) is 54.4 Å². The summed E-state index contributed by atoms with van der Waals surface area (Å²) in [5, 5.41) is 9.53. The molecule has 0 aliphatic heterocycles. The van der Waals surface area contributed by atoms with Crippen LogP contribution >= 0.6 is 24.0 Å². The molecule has 0 saturated carbocycles.